The third-order valence-electron chi connectivity index (χ3n) is 10.3. The highest BCUT2D eigenvalue weighted by Gasteiger charge is 2.39. The van der Waals surface area contributed by atoms with E-state index in [4.69, 9.17) is 23.2 Å². The molecular formula is C41H49Cl2N7O8. The topological polar surface area (TPSA) is 208 Å². The number of fused-ring (bicyclic) bond motifs is 1. The van der Waals surface area contributed by atoms with Crippen LogP contribution in [-0.2, 0) is 36.9 Å². The maximum atomic E-state index is 14.1. The van der Waals surface area contributed by atoms with Gasteiger partial charge in [-0.3, -0.25) is 33.6 Å². The average Bonchev–Trinajstić information content (AvgIpc) is 3.70. The first-order valence-electron chi connectivity index (χ1n) is 19.4. The van der Waals surface area contributed by atoms with Crippen LogP contribution in [0.5, 0.6) is 0 Å². The molecule has 2 aromatic carbocycles. The van der Waals surface area contributed by atoms with Gasteiger partial charge in [-0.2, -0.15) is 0 Å². The third kappa shape index (κ3) is 11.0. The molecule has 6 N–H and O–H groups in total. The lowest BCUT2D eigenvalue weighted by Gasteiger charge is -2.30. The van der Waals surface area contributed by atoms with Crippen LogP contribution in [0.3, 0.4) is 0 Å². The number of pyridine rings is 1. The van der Waals surface area contributed by atoms with Crippen molar-refractivity contribution in [3.05, 3.63) is 104 Å². The number of benzene rings is 2. The average molecular weight is 839 g/mol. The van der Waals surface area contributed by atoms with Crippen molar-refractivity contribution in [1.29, 1.82) is 0 Å². The first-order valence-corrected chi connectivity index (χ1v) is 20.2. The van der Waals surface area contributed by atoms with Crippen LogP contribution in [0.25, 0.3) is 0 Å². The molecule has 3 heterocycles. The van der Waals surface area contributed by atoms with E-state index in [1.54, 1.807) is 49.4 Å². The number of nitrogens with zero attached hydrogens (tertiary/aromatic N) is 2. The number of carbonyl (C=O) groups excluding carboxylic acids is 6. The molecule has 0 spiro atoms. The Balaban J connectivity index is 1.40. The summed E-state index contributed by atoms with van der Waals surface area (Å²) in [6.45, 7) is 3.41. The van der Waals surface area contributed by atoms with E-state index in [9.17, 15) is 38.7 Å². The summed E-state index contributed by atoms with van der Waals surface area (Å²) < 4.78 is 1.27. The maximum Gasteiger partial charge on any atom is 0.263 e. The molecule has 0 aliphatic carbocycles. The smallest absolute Gasteiger partial charge is 0.263 e. The van der Waals surface area contributed by atoms with Crippen molar-refractivity contribution in [2.45, 2.75) is 102 Å². The number of carbonyl (C=O) groups is 6. The van der Waals surface area contributed by atoms with E-state index in [0.29, 0.717) is 47.8 Å². The Morgan fingerprint density at radius 2 is 1.53 bits per heavy atom. The molecule has 0 bridgehead atoms. The highest BCUT2D eigenvalue weighted by atomic mass is 35.5. The molecule has 1 aromatic heterocycles. The molecule has 3 aromatic rings. The van der Waals surface area contributed by atoms with Crippen LogP contribution in [0.4, 0.5) is 0 Å². The molecule has 2 fully saturated rings. The second-order valence-corrected chi connectivity index (χ2v) is 15.3. The Morgan fingerprint density at radius 1 is 0.828 bits per heavy atom. The van der Waals surface area contributed by atoms with Gasteiger partial charge in [0, 0.05) is 41.3 Å². The molecule has 2 saturated heterocycles. The molecule has 6 amide bonds. The van der Waals surface area contributed by atoms with E-state index in [-0.39, 0.29) is 43.8 Å². The van der Waals surface area contributed by atoms with Gasteiger partial charge in [-0.25, -0.2) is 0 Å². The van der Waals surface area contributed by atoms with Crippen LogP contribution in [0.15, 0.2) is 71.7 Å². The van der Waals surface area contributed by atoms with Gasteiger partial charge in [0.05, 0.1) is 12.6 Å². The van der Waals surface area contributed by atoms with Crippen molar-refractivity contribution >= 4 is 58.6 Å². The second-order valence-electron chi connectivity index (χ2n) is 14.5. The quantitative estimate of drug-likeness (QED) is 0.198. The zero-order chi connectivity index (χ0) is 41.9. The van der Waals surface area contributed by atoms with Crippen molar-refractivity contribution in [2.75, 3.05) is 13.1 Å². The summed E-state index contributed by atoms with van der Waals surface area (Å²) in [5.74, 6) is -4.04. The second kappa shape index (κ2) is 20.4. The molecule has 2 aliphatic heterocycles. The lowest BCUT2D eigenvalue weighted by atomic mass is 10.0. The van der Waals surface area contributed by atoms with Gasteiger partial charge in [0.15, 0.2) is 0 Å². The Kier molecular flexibility index (Phi) is 15.5. The molecule has 6 atom stereocenters. The number of hydrogen-bond acceptors (Lipinski definition) is 8. The van der Waals surface area contributed by atoms with Gasteiger partial charge >= 0.3 is 0 Å². The number of halogens is 2. The van der Waals surface area contributed by atoms with Crippen molar-refractivity contribution in [2.24, 2.45) is 0 Å². The van der Waals surface area contributed by atoms with Gasteiger partial charge in [0.25, 0.3) is 11.5 Å². The minimum atomic E-state index is -1.53. The number of aliphatic hydroxyl groups excluding tert-OH is 1. The first kappa shape index (κ1) is 43.9. The van der Waals surface area contributed by atoms with E-state index in [0.717, 1.165) is 5.56 Å². The van der Waals surface area contributed by atoms with E-state index < -0.39 is 71.4 Å². The van der Waals surface area contributed by atoms with Gasteiger partial charge in [0.1, 0.15) is 35.8 Å². The molecule has 0 radical (unpaired) electrons. The first-order chi connectivity index (χ1) is 27.8. The Labute approximate surface area is 346 Å². The highest BCUT2D eigenvalue weighted by Crippen LogP contribution is 2.25. The van der Waals surface area contributed by atoms with Gasteiger partial charge in [-0.1, -0.05) is 66.5 Å². The lowest BCUT2D eigenvalue weighted by molar-refractivity contribution is -0.142. The van der Waals surface area contributed by atoms with Crippen molar-refractivity contribution in [3.8, 4) is 0 Å². The zero-order valence-corrected chi connectivity index (χ0v) is 33.9. The number of nitrogens with one attached hydrogen (secondary N) is 5. The van der Waals surface area contributed by atoms with E-state index in [2.05, 4.69) is 26.6 Å². The van der Waals surface area contributed by atoms with Gasteiger partial charge in [-0.15, -0.1) is 0 Å². The number of aromatic nitrogens is 1. The van der Waals surface area contributed by atoms with Gasteiger partial charge in [-0.05, 0) is 75.3 Å². The Hall–Kier alpha value is -5.25. The molecule has 2 aliphatic rings. The molecular weight excluding hydrogens is 789 g/mol. The monoisotopic (exact) mass is 837 g/mol. The molecule has 17 heteroatoms. The minimum Gasteiger partial charge on any atom is -0.391 e. The van der Waals surface area contributed by atoms with Gasteiger partial charge < -0.3 is 41.2 Å². The predicted molar refractivity (Wildman–Crippen MR) is 217 cm³/mol. The van der Waals surface area contributed by atoms with Crippen molar-refractivity contribution in [1.82, 2.24) is 36.1 Å². The summed E-state index contributed by atoms with van der Waals surface area (Å²) >= 11 is 12.7. The molecule has 0 unspecified atom stereocenters. The van der Waals surface area contributed by atoms with Crippen molar-refractivity contribution < 1.29 is 33.9 Å². The summed E-state index contributed by atoms with van der Waals surface area (Å²) in [5, 5.41) is 24.8. The van der Waals surface area contributed by atoms with E-state index in [1.165, 1.54) is 34.7 Å². The summed E-state index contributed by atoms with van der Waals surface area (Å²) in [4.78, 5) is 97.5. The summed E-state index contributed by atoms with van der Waals surface area (Å²) in [7, 11) is 0. The van der Waals surface area contributed by atoms with Crippen molar-refractivity contribution in [3.63, 3.8) is 0 Å². The fourth-order valence-corrected chi connectivity index (χ4v) is 7.61. The largest absolute Gasteiger partial charge is 0.391 e. The van der Waals surface area contributed by atoms with Crippen LogP contribution in [0.2, 0.25) is 10.0 Å². The fraction of sp³-hybridized carbons (Fsp3) is 0.439. The number of aliphatic hydroxyl groups is 1. The predicted octanol–water partition coefficient (Wildman–Crippen LogP) is 2.08. The summed E-state index contributed by atoms with van der Waals surface area (Å²) in [6, 6.07) is 10.9. The molecule has 15 nitrogen and oxygen atoms in total. The van der Waals surface area contributed by atoms with Crippen LogP contribution in [0.1, 0.15) is 73.9 Å². The van der Waals surface area contributed by atoms with Crippen LogP contribution < -0.4 is 32.1 Å². The van der Waals surface area contributed by atoms with Crippen LogP contribution >= 0.6 is 23.2 Å². The Morgan fingerprint density at radius 3 is 2.22 bits per heavy atom. The number of amides is 6. The SMILES string of the molecule is CC[C@@H]1NC(=O)[C@@H](NC(=O)c2cccn(Cc3c(Cl)cccc3Cl)c2=O)CCCCNC(=O)[C@@H]2CCCN2C(=O)[C@@H](Cc2ccccc2)NC(=O)[C@H]([C@@H](C)O)NC1=O. The molecule has 5 rings (SSSR count). The number of rotatable bonds is 8. The molecule has 0 saturated carbocycles. The fourth-order valence-electron chi connectivity index (χ4n) is 7.09. The molecule has 58 heavy (non-hydrogen) atoms. The van der Waals surface area contributed by atoms with Gasteiger partial charge in [0.2, 0.25) is 29.5 Å². The zero-order valence-electron chi connectivity index (χ0n) is 32.3. The highest BCUT2D eigenvalue weighted by molar-refractivity contribution is 6.36. The maximum absolute atomic E-state index is 14.1. The minimum absolute atomic E-state index is 0.0205. The van der Waals surface area contributed by atoms with Crippen LogP contribution in [-0.4, -0.2) is 99.4 Å². The lowest BCUT2D eigenvalue weighted by Crippen LogP contribution is -2.61. The molecule has 310 valence electrons. The standard InChI is InChI=1S/C41H49Cl2N7O8/c1-3-30-36(53)48-34(24(2)51)39(56)47-32(22-25-12-5-4-6-13-25)41(58)50-21-11-18-33(50)38(55)44-19-8-7-17-31(37(54)45-30)46-35(52)26-14-10-20-49(40(26)57)23-27-28(42)15-9-16-29(27)43/h4-6,9-10,12-16,20,24,30-34,51H,3,7-8,11,17-19,21-23H2,1-2H3,(H,44,55)(H,45,54)(H,46,52)(H,47,56)(H,48,53)/t24-,30+,31+,32-,33+,34+/m1/s1. The number of hydrogen-bond donors (Lipinski definition) is 6. The van der Waals surface area contributed by atoms with Crippen LogP contribution in [0, 0.1) is 0 Å². The van der Waals surface area contributed by atoms with E-state index >= 15 is 0 Å². The normalized spacial score (nSPS) is 23.2. The summed E-state index contributed by atoms with van der Waals surface area (Å²) in [6.07, 6.45) is 1.99. The Bertz CT molecular complexity index is 2030. The third-order valence-corrected chi connectivity index (χ3v) is 11.0. The summed E-state index contributed by atoms with van der Waals surface area (Å²) in [5.41, 5.74) is 0.314. The van der Waals surface area contributed by atoms with E-state index in [1.807, 2.05) is 6.07 Å².